The third-order valence-corrected chi connectivity index (χ3v) is 14.1. The van der Waals surface area contributed by atoms with E-state index in [1.165, 1.54) is 0 Å². The Morgan fingerprint density at radius 2 is 1.36 bits per heavy atom. The minimum atomic E-state index is -2.32. The zero-order chi connectivity index (χ0) is 56.9. The Morgan fingerprint density at radius 1 is 0.744 bits per heavy atom. The van der Waals surface area contributed by atoms with Gasteiger partial charge in [-0.2, -0.15) is 0 Å². The Bertz CT molecular complexity index is 2840. The number of ketones is 2. The molecule has 0 aliphatic carbocycles. The molecule has 5 aromatic rings. The third kappa shape index (κ3) is 20.5. The fourth-order valence-electron chi connectivity index (χ4n) is 8.98. The van der Waals surface area contributed by atoms with Crippen LogP contribution in [0.4, 0.5) is 8.99 Å². The van der Waals surface area contributed by atoms with E-state index in [0.29, 0.717) is 58.9 Å². The number of nitrogens with two attached hydrogens (primary N) is 1. The zero-order valence-electron chi connectivity index (χ0n) is 46.0. The quantitative estimate of drug-likeness (QED) is 0.00963. The number of amides is 2. The van der Waals surface area contributed by atoms with Gasteiger partial charge in [-0.1, -0.05) is 124 Å². The molecular weight excluding hydrogens is 1050 g/mol. The van der Waals surface area contributed by atoms with Crippen LogP contribution in [-0.2, 0) is 35.3 Å². The topological polar surface area (TPSA) is 185 Å². The number of nitrogens with one attached hydrogen (secondary N) is 2. The highest BCUT2D eigenvalue weighted by molar-refractivity contribution is 7.78. The molecule has 0 saturated carbocycles. The SMILES string of the molecule is [B]P(F)CC(N)=NCCC[C@@H](NC(=O)[C@@H](CCCCNC(=O)OC(C)(C)C)CC(=O)COc1ccc2ccccc2c1-c1c(OCCC(C)C)ccc2ccccc12)C(=O)C[C@@H](CC(C)C)C(=O)OCc1c(Cl)cccc1Cl. The molecule has 78 heavy (non-hydrogen) atoms. The fraction of sp³-hybridized carbons (Fsp3) is 0.467. The van der Waals surface area contributed by atoms with Crippen molar-refractivity contribution < 1.29 is 47.1 Å². The summed E-state index contributed by atoms with van der Waals surface area (Å²) in [5.41, 5.74) is 7.23. The maximum atomic E-state index is 14.7. The number of benzene rings is 5. The average molecular weight is 1130 g/mol. The number of amidine groups is 1. The van der Waals surface area contributed by atoms with E-state index in [1.54, 1.807) is 39.0 Å². The second-order valence-corrected chi connectivity index (χ2v) is 23.4. The molecule has 13 nitrogen and oxygen atoms in total. The summed E-state index contributed by atoms with van der Waals surface area (Å²) in [6.45, 7) is 13.7. The van der Waals surface area contributed by atoms with Crippen LogP contribution in [0, 0.1) is 23.7 Å². The molecular formula is C60H75BCl2FN4O9P. The van der Waals surface area contributed by atoms with Gasteiger partial charge in [0.05, 0.1) is 24.4 Å². The summed E-state index contributed by atoms with van der Waals surface area (Å²) in [5, 5.41) is 10.1. The van der Waals surface area contributed by atoms with Crippen molar-refractivity contribution in [1.29, 1.82) is 0 Å². The van der Waals surface area contributed by atoms with Gasteiger partial charge in [-0.15, -0.1) is 0 Å². The lowest BCUT2D eigenvalue weighted by Gasteiger charge is -2.24. The van der Waals surface area contributed by atoms with E-state index in [9.17, 15) is 28.2 Å². The first-order chi connectivity index (χ1) is 37.1. The Balaban J connectivity index is 1.43. The number of rotatable bonds is 31. The van der Waals surface area contributed by atoms with Gasteiger partial charge in [-0.25, -0.2) is 8.99 Å². The summed E-state index contributed by atoms with van der Waals surface area (Å²) in [7, 11) is 3.03. The Kier molecular flexibility index (Phi) is 25.2. The first kappa shape index (κ1) is 63.1. The van der Waals surface area contributed by atoms with Gasteiger partial charge in [0.15, 0.2) is 19.1 Å². The number of Topliss-reactive ketones (excluding diaryl/α,β-unsaturated/α-hetero) is 2. The fourth-order valence-corrected chi connectivity index (χ4v) is 9.89. The molecule has 1 unspecified atom stereocenters. The average Bonchev–Trinajstić information content (AvgIpc) is 3.37. The maximum absolute atomic E-state index is 14.7. The van der Waals surface area contributed by atoms with Crippen molar-refractivity contribution in [2.75, 3.05) is 32.5 Å². The van der Waals surface area contributed by atoms with Gasteiger partial charge in [-0.3, -0.25) is 24.2 Å². The monoisotopic (exact) mass is 1130 g/mol. The van der Waals surface area contributed by atoms with Crippen molar-refractivity contribution in [1.82, 2.24) is 10.6 Å². The highest BCUT2D eigenvalue weighted by atomic mass is 35.5. The van der Waals surface area contributed by atoms with E-state index >= 15 is 0 Å². The number of aliphatic imine (C=N–C) groups is 1. The third-order valence-electron chi connectivity index (χ3n) is 12.8. The first-order valence-electron chi connectivity index (χ1n) is 26.8. The molecule has 2 amide bonds. The minimum absolute atomic E-state index is 0.0154. The summed E-state index contributed by atoms with van der Waals surface area (Å²) in [6.07, 6.45) is 1.25. The number of ether oxygens (including phenoxy) is 4. The van der Waals surface area contributed by atoms with Gasteiger partial charge in [-0.05, 0) is 117 Å². The largest absolute Gasteiger partial charge is 0.493 e. The van der Waals surface area contributed by atoms with Crippen LogP contribution in [0.5, 0.6) is 11.5 Å². The van der Waals surface area contributed by atoms with Crippen LogP contribution in [0.2, 0.25) is 10.0 Å². The van der Waals surface area contributed by atoms with E-state index in [1.807, 2.05) is 86.6 Å². The Morgan fingerprint density at radius 3 is 1.95 bits per heavy atom. The molecule has 18 heteroatoms. The van der Waals surface area contributed by atoms with Gasteiger partial charge in [0.25, 0.3) is 0 Å². The molecule has 418 valence electrons. The van der Waals surface area contributed by atoms with Crippen LogP contribution in [0.1, 0.15) is 112 Å². The van der Waals surface area contributed by atoms with E-state index in [2.05, 4.69) is 29.5 Å². The van der Waals surface area contributed by atoms with E-state index in [4.69, 9.17) is 55.4 Å². The highest BCUT2D eigenvalue weighted by Gasteiger charge is 2.32. The normalized spacial score (nSPS) is 13.5. The summed E-state index contributed by atoms with van der Waals surface area (Å²) in [4.78, 5) is 73.9. The van der Waals surface area contributed by atoms with Gasteiger partial charge in [0.2, 0.25) is 5.91 Å². The lowest BCUT2D eigenvalue weighted by Crippen LogP contribution is -2.45. The van der Waals surface area contributed by atoms with E-state index < -0.39 is 55.3 Å². The summed E-state index contributed by atoms with van der Waals surface area (Å²) < 4.78 is 37.7. The number of alkyl carbamates (subject to hydrolysis) is 1. The molecule has 0 saturated heterocycles. The lowest BCUT2D eigenvalue weighted by atomic mass is 9.89. The van der Waals surface area contributed by atoms with Crippen LogP contribution in [-0.4, -0.2) is 87.0 Å². The van der Waals surface area contributed by atoms with Crippen molar-refractivity contribution in [3.8, 4) is 22.6 Å². The molecule has 5 aromatic carbocycles. The standard InChI is InChI=1S/C60H75BCl2FN4O9P/c1-38(2)28-31-74-52-26-24-40-16-8-10-19-45(40)55(52)56-46-20-11-9-17-41(46)25-27-53(56)75-35-44(69)33-42(18-12-13-29-67-59(73)77-60(5,6)7)57(71)68-50(23-15-30-66-54(65)37-78(61)64)51(70)34-43(32-39(3)4)58(72)76-36-47-48(62)21-14-22-49(47)63/h8-11,14,16-17,19-22,24-27,38-39,42-43,50H,12-13,15,18,23,28-37H2,1-7H3,(H2,65,66)(H,67,73)(H,68,71)/t42-,43+,50+,78?/m0/s1. The summed E-state index contributed by atoms with van der Waals surface area (Å²) in [6, 6.07) is 27.6. The summed E-state index contributed by atoms with van der Waals surface area (Å²) >= 11 is 12.7. The number of esters is 1. The minimum Gasteiger partial charge on any atom is -0.493 e. The zero-order valence-corrected chi connectivity index (χ0v) is 48.4. The smallest absolute Gasteiger partial charge is 0.407 e. The van der Waals surface area contributed by atoms with E-state index in [-0.39, 0.29) is 82.1 Å². The molecule has 0 aromatic heterocycles. The van der Waals surface area contributed by atoms with Crippen LogP contribution in [0.15, 0.2) is 96.0 Å². The van der Waals surface area contributed by atoms with Crippen molar-refractivity contribution in [3.05, 3.63) is 107 Å². The number of carbonyl (C=O) groups is 5. The molecule has 0 spiro atoms. The number of unbranched alkanes of at least 4 members (excludes halogenated alkanes) is 1. The Labute approximate surface area is 471 Å². The number of hydrogen-bond acceptors (Lipinski definition) is 10. The van der Waals surface area contributed by atoms with Crippen LogP contribution in [0.25, 0.3) is 32.7 Å². The number of nitrogens with zero attached hydrogens (tertiary/aromatic N) is 1. The first-order valence-corrected chi connectivity index (χ1v) is 29.0. The molecule has 0 fully saturated rings. The molecule has 4 N–H and O–H groups in total. The molecule has 2 radical (unpaired) electrons. The molecule has 0 heterocycles. The molecule has 0 aliphatic rings. The van der Waals surface area contributed by atoms with E-state index in [0.717, 1.165) is 39.1 Å². The number of carbonyl (C=O) groups excluding carboxylic acids is 5. The number of halogens is 3. The van der Waals surface area contributed by atoms with Gasteiger partial charge >= 0.3 is 12.1 Å². The number of hydrogen-bond donors (Lipinski definition) is 3. The lowest BCUT2D eigenvalue weighted by molar-refractivity contribution is -0.152. The maximum Gasteiger partial charge on any atom is 0.407 e. The van der Waals surface area contributed by atoms with Crippen LogP contribution < -0.4 is 25.8 Å². The predicted octanol–water partition coefficient (Wildman–Crippen LogP) is 13.5. The molecule has 4 atom stereocenters. The van der Waals surface area contributed by atoms with Gasteiger partial charge in [0, 0.05) is 72.9 Å². The van der Waals surface area contributed by atoms with Crippen LogP contribution in [0.3, 0.4) is 0 Å². The molecule has 0 bridgehead atoms. The van der Waals surface area contributed by atoms with Crippen molar-refractivity contribution in [2.24, 2.45) is 34.4 Å². The van der Waals surface area contributed by atoms with Crippen molar-refractivity contribution in [2.45, 2.75) is 125 Å². The predicted molar refractivity (Wildman–Crippen MR) is 314 cm³/mol. The molecule has 5 rings (SSSR count). The van der Waals surface area contributed by atoms with Crippen LogP contribution >= 0.6 is 31.3 Å². The molecule has 0 aliphatic heterocycles. The van der Waals surface area contributed by atoms with Gasteiger partial charge < -0.3 is 35.3 Å². The number of fused-ring (bicyclic) bond motifs is 2. The Hall–Kier alpha value is -5.76. The summed E-state index contributed by atoms with van der Waals surface area (Å²) in [5.74, 6) is -2.25. The second-order valence-electron chi connectivity index (χ2n) is 21.4. The van der Waals surface area contributed by atoms with Gasteiger partial charge in [0.1, 0.15) is 30.3 Å². The van der Waals surface area contributed by atoms with Crippen molar-refractivity contribution in [3.63, 3.8) is 0 Å². The second kappa shape index (κ2) is 31.1. The highest BCUT2D eigenvalue weighted by Crippen LogP contribution is 2.46. The van der Waals surface area contributed by atoms with Crippen molar-refractivity contribution >= 4 is 95.8 Å².